The molecule has 0 aliphatic carbocycles. The van der Waals surface area contributed by atoms with Gasteiger partial charge < -0.3 is 14.9 Å². The molecule has 2 N–H and O–H groups in total. The average molecular weight is 266 g/mol. The van der Waals surface area contributed by atoms with Crippen molar-refractivity contribution in [2.45, 2.75) is 32.5 Å². The van der Waals surface area contributed by atoms with Crippen LogP contribution in [-0.2, 0) is 9.53 Å². The highest BCUT2D eigenvalue weighted by Gasteiger charge is 2.22. The van der Waals surface area contributed by atoms with Crippen LogP contribution in [0, 0.1) is 0 Å². The third kappa shape index (κ3) is 4.46. The van der Waals surface area contributed by atoms with E-state index >= 15 is 0 Å². The summed E-state index contributed by atoms with van der Waals surface area (Å²) in [7, 11) is 0. The fourth-order valence-corrected chi connectivity index (χ4v) is 1.67. The number of esters is 1. The van der Waals surface area contributed by atoms with Gasteiger partial charge in [-0.2, -0.15) is 0 Å². The molecular formula is C14H18O5. The molecular weight excluding hydrogens is 248 g/mol. The van der Waals surface area contributed by atoms with Gasteiger partial charge in [0.25, 0.3) is 0 Å². The van der Waals surface area contributed by atoms with Crippen LogP contribution >= 0.6 is 0 Å². The molecule has 2 atom stereocenters. The monoisotopic (exact) mass is 266 g/mol. The van der Waals surface area contributed by atoms with Gasteiger partial charge in [-0.1, -0.05) is 18.2 Å². The Labute approximate surface area is 111 Å². The second kappa shape index (κ2) is 7.01. The fourth-order valence-electron chi connectivity index (χ4n) is 1.67. The van der Waals surface area contributed by atoms with Crippen molar-refractivity contribution in [1.82, 2.24) is 0 Å². The van der Waals surface area contributed by atoms with Gasteiger partial charge in [-0.15, -0.1) is 0 Å². The quantitative estimate of drug-likeness (QED) is 0.597. The molecule has 1 aromatic rings. The molecule has 5 nitrogen and oxygen atoms in total. The van der Waals surface area contributed by atoms with Crippen molar-refractivity contribution in [3.05, 3.63) is 35.4 Å². The van der Waals surface area contributed by atoms with E-state index in [4.69, 9.17) is 4.74 Å². The Morgan fingerprint density at radius 3 is 2.58 bits per heavy atom. The molecule has 1 rings (SSSR count). The SMILES string of the molecule is CCOC(=O)CC(O)C(O)c1cccc(C(C)=O)c1. The Morgan fingerprint density at radius 2 is 2.00 bits per heavy atom. The first-order chi connectivity index (χ1) is 8.95. The molecule has 2 unspecified atom stereocenters. The summed E-state index contributed by atoms with van der Waals surface area (Å²) in [5.74, 6) is -0.703. The number of hydrogen-bond acceptors (Lipinski definition) is 5. The van der Waals surface area contributed by atoms with E-state index in [-0.39, 0.29) is 18.8 Å². The van der Waals surface area contributed by atoms with Gasteiger partial charge in [-0.3, -0.25) is 9.59 Å². The molecule has 0 aromatic heterocycles. The van der Waals surface area contributed by atoms with E-state index in [0.29, 0.717) is 11.1 Å². The number of Topliss-reactive ketones (excluding diaryl/α,β-unsaturated/α-hetero) is 1. The van der Waals surface area contributed by atoms with Crippen molar-refractivity contribution in [2.75, 3.05) is 6.61 Å². The normalized spacial score (nSPS) is 13.7. The second-order valence-corrected chi connectivity index (χ2v) is 4.20. The minimum atomic E-state index is -1.26. The maximum Gasteiger partial charge on any atom is 0.308 e. The third-order valence-corrected chi connectivity index (χ3v) is 2.68. The number of carbonyl (C=O) groups excluding carboxylic acids is 2. The van der Waals surface area contributed by atoms with Gasteiger partial charge in [0.1, 0.15) is 6.10 Å². The van der Waals surface area contributed by atoms with Crippen molar-refractivity contribution in [1.29, 1.82) is 0 Å². The molecule has 0 saturated carbocycles. The summed E-state index contributed by atoms with van der Waals surface area (Å²) >= 11 is 0. The lowest BCUT2D eigenvalue weighted by molar-refractivity contribution is -0.147. The molecule has 104 valence electrons. The summed E-state index contributed by atoms with van der Waals surface area (Å²) in [4.78, 5) is 22.5. The molecule has 0 spiro atoms. The lowest BCUT2D eigenvalue weighted by Crippen LogP contribution is -2.23. The molecule has 0 fully saturated rings. The molecule has 0 heterocycles. The molecule has 0 aliphatic rings. The number of aliphatic hydroxyl groups excluding tert-OH is 2. The van der Waals surface area contributed by atoms with Gasteiger partial charge in [-0.05, 0) is 25.5 Å². The molecule has 0 bridgehead atoms. The van der Waals surface area contributed by atoms with Crippen LogP contribution in [-0.4, -0.2) is 34.7 Å². The maximum absolute atomic E-state index is 11.2. The molecule has 0 radical (unpaired) electrons. The first-order valence-corrected chi connectivity index (χ1v) is 6.08. The van der Waals surface area contributed by atoms with Crippen LogP contribution in [0.4, 0.5) is 0 Å². The number of benzene rings is 1. The average Bonchev–Trinajstić information content (AvgIpc) is 2.38. The molecule has 0 amide bonds. The zero-order valence-electron chi connectivity index (χ0n) is 11.0. The molecule has 1 aromatic carbocycles. The van der Waals surface area contributed by atoms with Gasteiger partial charge in [0.05, 0.1) is 19.1 Å². The van der Waals surface area contributed by atoms with Crippen LogP contribution in [0.25, 0.3) is 0 Å². The van der Waals surface area contributed by atoms with Gasteiger partial charge in [0, 0.05) is 5.56 Å². The predicted octanol–water partition coefficient (Wildman–Crippen LogP) is 1.24. The highest BCUT2D eigenvalue weighted by Crippen LogP contribution is 2.20. The Balaban J connectivity index is 2.76. The van der Waals surface area contributed by atoms with Crippen molar-refractivity contribution in [2.24, 2.45) is 0 Å². The zero-order valence-corrected chi connectivity index (χ0v) is 11.0. The van der Waals surface area contributed by atoms with Crippen molar-refractivity contribution < 1.29 is 24.5 Å². The van der Waals surface area contributed by atoms with Crippen molar-refractivity contribution in [3.63, 3.8) is 0 Å². The highest BCUT2D eigenvalue weighted by molar-refractivity contribution is 5.94. The van der Waals surface area contributed by atoms with E-state index in [1.807, 2.05) is 0 Å². The number of carbonyl (C=O) groups is 2. The minimum Gasteiger partial charge on any atom is -0.466 e. The number of aliphatic hydroxyl groups is 2. The molecule has 0 saturated heterocycles. The van der Waals surface area contributed by atoms with Crippen molar-refractivity contribution in [3.8, 4) is 0 Å². The Morgan fingerprint density at radius 1 is 1.32 bits per heavy atom. The van der Waals surface area contributed by atoms with Crippen molar-refractivity contribution >= 4 is 11.8 Å². The van der Waals surface area contributed by atoms with Gasteiger partial charge in [0.15, 0.2) is 5.78 Å². The van der Waals surface area contributed by atoms with Crippen LogP contribution in [0.5, 0.6) is 0 Å². The fraction of sp³-hybridized carbons (Fsp3) is 0.429. The Kier molecular flexibility index (Phi) is 5.66. The van der Waals surface area contributed by atoms with E-state index in [2.05, 4.69) is 0 Å². The Bertz CT molecular complexity index is 455. The smallest absolute Gasteiger partial charge is 0.308 e. The summed E-state index contributed by atoms with van der Waals surface area (Å²) < 4.78 is 4.70. The highest BCUT2D eigenvalue weighted by atomic mass is 16.5. The van der Waals surface area contributed by atoms with Gasteiger partial charge in [0.2, 0.25) is 0 Å². The number of hydrogen-bond donors (Lipinski definition) is 2. The standard InChI is InChI=1S/C14H18O5/c1-3-19-13(17)8-12(16)14(18)11-6-4-5-10(7-11)9(2)15/h4-7,12,14,16,18H,3,8H2,1-2H3. The first kappa shape index (κ1) is 15.3. The van der Waals surface area contributed by atoms with E-state index in [9.17, 15) is 19.8 Å². The van der Waals surface area contributed by atoms with Crippen LogP contribution < -0.4 is 0 Å². The summed E-state index contributed by atoms with van der Waals surface area (Å²) in [6, 6.07) is 6.33. The van der Waals surface area contributed by atoms with Crippen LogP contribution in [0.3, 0.4) is 0 Å². The third-order valence-electron chi connectivity index (χ3n) is 2.68. The summed E-state index contributed by atoms with van der Waals surface area (Å²) in [5.41, 5.74) is 0.837. The van der Waals surface area contributed by atoms with E-state index < -0.39 is 18.2 Å². The van der Waals surface area contributed by atoms with Crippen LogP contribution in [0.15, 0.2) is 24.3 Å². The van der Waals surface area contributed by atoms with E-state index in [1.54, 1.807) is 25.1 Å². The maximum atomic E-state index is 11.2. The minimum absolute atomic E-state index is 0.131. The van der Waals surface area contributed by atoms with Gasteiger partial charge in [-0.25, -0.2) is 0 Å². The molecule has 5 heteroatoms. The second-order valence-electron chi connectivity index (χ2n) is 4.20. The number of rotatable bonds is 6. The van der Waals surface area contributed by atoms with Crippen LogP contribution in [0.2, 0.25) is 0 Å². The zero-order chi connectivity index (χ0) is 14.4. The molecule has 0 aliphatic heterocycles. The summed E-state index contributed by atoms with van der Waals surface area (Å²) in [6.07, 6.45) is -2.79. The number of ketones is 1. The number of ether oxygens (including phenoxy) is 1. The topological polar surface area (TPSA) is 83.8 Å². The van der Waals surface area contributed by atoms with E-state index in [1.165, 1.54) is 13.0 Å². The predicted molar refractivity (Wildman–Crippen MR) is 68.7 cm³/mol. The molecule has 19 heavy (non-hydrogen) atoms. The lowest BCUT2D eigenvalue weighted by atomic mass is 9.99. The van der Waals surface area contributed by atoms with Crippen LogP contribution in [0.1, 0.15) is 42.3 Å². The largest absolute Gasteiger partial charge is 0.466 e. The Hall–Kier alpha value is -1.72. The lowest BCUT2D eigenvalue weighted by Gasteiger charge is -2.17. The first-order valence-electron chi connectivity index (χ1n) is 6.08. The van der Waals surface area contributed by atoms with Gasteiger partial charge >= 0.3 is 5.97 Å². The summed E-state index contributed by atoms with van der Waals surface area (Å²) in [6.45, 7) is 3.30. The summed E-state index contributed by atoms with van der Waals surface area (Å²) in [5, 5.41) is 19.7. The van der Waals surface area contributed by atoms with E-state index in [0.717, 1.165) is 0 Å².